The van der Waals surface area contributed by atoms with Crippen molar-refractivity contribution in [3.63, 3.8) is 0 Å². The number of rotatable bonds is 2. The van der Waals surface area contributed by atoms with E-state index in [-0.39, 0.29) is 5.91 Å². The molecule has 0 saturated carbocycles. The van der Waals surface area contributed by atoms with Gasteiger partial charge in [0.15, 0.2) is 0 Å². The summed E-state index contributed by atoms with van der Waals surface area (Å²) in [6, 6.07) is 0. The molecule has 1 heterocycles. The molecule has 0 spiro atoms. The van der Waals surface area contributed by atoms with Gasteiger partial charge in [-0.25, -0.2) is 0 Å². The summed E-state index contributed by atoms with van der Waals surface area (Å²) >= 11 is 0. The van der Waals surface area contributed by atoms with Crippen LogP contribution in [0.15, 0.2) is 0 Å². The first-order valence-electron chi connectivity index (χ1n) is 5.97. The lowest BCUT2D eigenvalue weighted by Crippen LogP contribution is -2.45. The van der Waals surface area contributed by atoms with Crippen molar-refractivity contribution in [3.05, 3.63) is 0 Å². The maximum absolute atomic E-state index is 11.8. The van der Waals surface area contributed by atoms with Crippen LogP contribution in [0.2, 0.25) is 0 Å². The van der Waals surface area contributed by atoms with Gasteiger partial charge in [-0.05, 0) is 39.0 Å². The molecule has 1 N–H and O–H groups in total. The first-order chi connectivity index (χ1) is 6.95. The van der Waals surface area contributed by atoms with Crippen molar-refractivity contribution < 1.29 is 9.90 Å². The van der Waals surface area contributed by atoms with E-state index in [1.54, 1.807) is 13.8 Å². The molecule has 0 aromatic rings. The van der Waals surface area contributed by atoms with Gasteiger partial charge in [-0.3, -0.25) is 4.79 Å². The van der Waals surface area contributed by atoms with Crippen molar-refractivity contribution in [1.29, 1.82) is 0 Å². The topological polar surface area (TPSA) is 40.5 Å². The highest BCUT2D eigenvalue weighted by Crippen LogP contribution is 2.21. The highest BCUT2D eigenvalue weighted by Gasteiger charge is 2.30. The minimum Gasteiger partial charge on any atom is -0.381 e. The lowest BCUT2D eigenvalue weighted by atomic mass is 9.98. The number of nitrogens with zero attached hydrogens (tertiary/aromatic N) is 1. The number of aliphatic hydroxyl groups is 1. The van der Waals surface area contributed by atoms with Gasteiger partial charge in [-0.15, -0.1) is 0 Å². The summed E-state index contributed by atoms with van der Waals surface area (Å²) in [5.74, 6) is 0.629. The molecule has 0 aromatic carbocycles. The monoisotopic (exact) mass is 213 g/mol. The summed E-state index contributed by atoms with van der Waals surface area (Å²) in [6.07, 6.45) is 4.56. The molecule has 1 fully saturated rings. The van der Waals surface area contributed by atoms with Gasteiger partial charge in [0.1, 0.15) is 5.60 Å². The Morgan fingerprint density at radius 1 is 1.40 bits per heavy atom. The molecular weight excluding hydrogens is 190 g/mol. The highest BCUT2D eigenvalue weighted by atomic mass is 16.3. The van der Waals surface area contributed by atoms with Crippen molar-refractivity contribution in [3.8, 4) is 0 Å². The van der Waals surface area contributed by atoms with Gasteiger partial charge >= 0.3 is 0 Å². The van der Waals surface area contributed by atoms with Crippen LogP contribution in [0, 0.1) is 5.92 Å². The van der Waals surface area contributed by atoms with E-state index < -0.39 is 5.60 Å². The molecule has 0 radical (unpaired) electrons. The minimum absolute atomic E-state index is 0.126. The molecule has 1 aliphatic rings. The van der Waals surface area contributed by atoms with Gasteiger partial charge in [0.05, 0.1) is 0 Å². The van der Waals surface area contributed by atoms with E-state index in [9.17, 15) is 9.90 Å². The fraction of sp³-hybridized carbons (Fsp3) is 0.917. The molecule has 1 amide bonds. The third-order valence-corrected chi connectivity index (χ3v) is 3.24. The molecule has 1 unspecified atom stereocenters. The molecule has 1 rings (SSSR count). The van der Waals surface area contributed by atoms with Crippen LogP contribution < -0.4 is 0 Å². The van der Waals surface area contributed by atoms with E-state index in [0.717, 1.165) is 31.8 Å². The zero-order chi connectivity index (χ0) is 11.5. The number of amides is 1. The first-order valence-corrected chi connectivity index (χ1v) is 5.97. The normalized spacial score (nSPS) is 23.7. The third-order valence-electron chi connectivity index (χ3n) is 3.24. The number of carbonyl (C=O) groups is 1. The van der Waals surface area contributed by atoms with Gasteiger partial charge in [-0.1, -0.05) is 13.3 Å². The Labute approximate surface area is 92.5 Å². The summed E-state index contributed by atoms with van der Waals surface area (Å²) in [4.78, 5) is 13.7. The highest BCUT2D eigenvalue weighted by molar-refractivity contribution is 5.84. The molecule has 88 valence electrons. The SMILES string of the molecule is CCC1CCCN(C(=O)C(C)(C)O)CC1. The summed E-state index contributed by atoms with van der Waals surface area (Å²) in [5.41, 5.74) is -1.22. The van der Waals surface area contributed by atoms with E-state index in [2.05, 4.69) is 6.92 Å². The van der Waals surface area contributed by atoms with Crippen molar-refractivity contribution in [2.45, 2.75) is 52.1 Å². The molecule has 0 aromatic heterocycles. The van der Waals surface area contributed by atoms with Crippen LogP contribution in [0.5, 0.6) is 0 Å². The van der Waals surface area contributed by atoms with Crippen LogP contribution in [0.3, 0.4) is 0 Å². The Bertz CT molecular complexity index is 220. The third kappa shape index (κ3) is 3.49. The Balaban J connectivity index is 2.54. The maximum atomic E-state index is 11.8. The van der Waals surface area contributed by atoms with E-state index in [4.69, 9.17) is 0 Å². The average molecular weight is 213 g/mol. The Kier molecular flexibility index (Phi) is 4.14. The van der Waals surface area contributed by atoms with Crippen LogP contribution in [-0.2, 0) is 4.79 Å². The van der Waals surface area contributed by atoms with E-state index >= 15 is 0 Å². The van der Waals surface area contributed by atoms with Crippen LogP contribution in [-0.4, -0.2) is 34.6 Å². The van der Waals surface area contributed by atoms with Crippen LogP contribution >= 0.6 is 0 Å². The second kappa shape index (κ2) is 4.97. The fourth-order valence-corrected chi connectivity index (χ4v) is 2.16. The fourth-order valence-electron chi connectivity index (χ4n) is 2.16. The number of hydrogen-bond acceptors (Lipinski definition) is 2. The molecular formula is C12H23NO2. The first kappa shape index (κ1) is 12.5. The van der Waals surface area contributed by atoms with E-state index in [1.807, 2.05) is 4.90 Å². The van der Waals surface area contributed by atoms with E-state index in [1.165, 1.54) is 12.8 Å². The average Bonchev–Trinajstić information content (AvgIpc) is 2.39. The summed E-state index contributed by atoms with van der Waals surface area (Å²) in [5, 5.41) is 9.66. The molecule has 0 bridgehead atoms. The largest absolute Gasteiger partial charge is 0.381 e. The molecule has 1 atom stereocenters. The zero-order valence-corrected chi connectivity index (χ0v) is 10.1. The molecule has 0 aliphatic carbocycles. The van der Waals surface area contributed by atoms with Crippen LogP contribution in [0.1, 0.15) is 46.5 Å². The predicted octanol–water partition coefficient (Wildman–Crippen LogP) is 1.80. The van der Waals surface area contributed by atoms with Crippen molar-refractivity contribution in [2.24, 2.45) is 5.92 Å². The minimum atomic E-state index is -1.22. The van der Waals surface area contributed by atoms with Crippen molar-refractivity contribution in [2.75, 3.05) is 13.1 Å². The Morgan fingerprint density at radius 3 is 2.60 bits per heavy atom. The Morgan fingerprint density at radius 2 is 2.07 bits per heavy atom. The second-order valence-electron chi connectivity index (χ2n) is 5.06. The number of carbonyl (C=O) groups excluding carboxylic acids is 1. The summed E-state index contributed by atoms with van der Waals surface area (Å²) < 4.78 is 0. The van der Waals surface area contributed by atoms with Gasteiger partial charge in [-0.2, -0.15) is 0 Å². The number of likely N-dealkylation sites (tertiary alicyclic amines) is 1. The second-order valence-corrected chi connectivity index (χ2v) is 5.06. The quantitative estimate of drug-likeness (QED) is 0.760. The zero-order valence-electron chi connectivity index (χ0n) is 10.1. The van der Waals surface area contributed by atoms with E-state index in [0.29, 0.717) is 0 Å². The summed E-state index contributed by atoms with van der Waals surface area (Å²) in [6.45, 7) is 6.95. The predicted molar refractivity (Wildman–Crippen MR) is 60.5 cm³/mol. The van der Waals surface area contributed by atoms with Gasteiger partial charge in [0.2, 0.25) is 0 Å². The lowest BCUT2D eigenvalue weighted by molar-refractivity contribution is -0.147. The van der Waals surface area contributed by atoms with Crippen LogP contribution in [0.4, 0.5) is 0 Å². The van der Waals surface area contributed by atoms with Crippen LogP contribution in [0.25, 0.3) is 0 Å². The maximum Gasteiger partial charge on any atom is 0.253 e. The molecule has 1 aliphatic heterocycles. The number of hydrogen-bond donors (Lipinski definition) is 1. The Hall–Kier alpha value is -0.570. The molecule has 3 nitrogen and oxygen atoms in total. The van der Waals surface area contributed by atoms with Crippen molar-refractivity contribution in [1.82, 2.24) is 4.90 Å². The van der Waals surface area contributed by atoms with Gasteiger partial charge in [0, 0.05) is 13.1 Å². The van der Waals surface area contributed by atoms with Gasteiger partial charge in [0.25, 0.3) is 5.91 Å². The van der Waals surface area contributed by atoms with Gasteiger partial charge < -0.3 is 10.0 Å². The smallest absolute Gasteiger partial charge is 0.253 e. The molecule has 15 heavy (non-hydrogen) atoms. The summed E-state index contributed by atoms with van der Waals surface area (Å²) in [7, 11) is 0. The molecule has 1 saturated heterocycles. The standard InChI is InChI=1S/C12H23NO2/c1-4-10-6-5-8-13(9-7-10)11(14)12(2,3)15/h10,15H,4-9H2,1-3H3. The lowest BCUT2D eigenvalue weighted by Gasteiger charge is -2.27. The van der Waals surface area contributed by atoms with Crippen molar-refractivity contribution >= 4 is 5.91 Å². The molecule has 3 heteroatoms.